The predicted octanol–water partition coefficient (Wildman–Crippen LogP) is -1.33. The smallest absolute Gasteiger partial charge is 0.382 e. The fraction of sp³-hybridized carbons (Fsp3) is 0. The van der Waals surface area contributed by atoms with Gasteiger partial charge in [-0.3, -0.25) is 4.57 Å². The van der Waals surface area contributed by atoms with Gasteiger partial charge in [0.1, 0.15) is 17.4 Å². The molecule has 4 rings (SSSR count). The summed E-state index contributed by atoms with van der Waals surface area (Å²) in [6.45, 7) is 0. The highest BCUT2D eigenvalue weighted by molar-refractivity contribution is 7.59. The van der Waals surface area contributed by atoms with Gasteiger partial charge < -0.3 is 31.2 Å². The van der Waals surface area contributed by atoms with E-state index in [0.29, 0.717) is 22.5 Å². The average Bonchev–Trinajstić information content (AvgIpc) is 3.16. The Balaban J connectivity index is 0.000000149. The molecule has 0 aromatic carbocycles. The van der Waals surface area contributed by atoms with Crippen LogP contribution in [-0.4, -0.2) is 49.7 Å². The van der Waals surface area contributed by atoms with Gasteiger partial charge in [0.25, 0.3) is 0 Å². The van der Waals surface area contributed by atoms with E-state index in [9.17, 15) is 4.57 Å². The molecule has 0 fully saturated rings. The van der Waals surface area contributed by atoms with E-state index in [1.165, 1.54) is 19.0 Å². The maximum absolute atomic E-state index is 10.8. The van der Waals surface area contributed by atoms with Gasteiger partial charge in [-0.05, 0) is 0 Å². The Morgan fingerprint density at radius 2 is 1.50 bits per heavy atom. The Kier molecular flexibility index (Phi) is 3.81. The topological polar surface area (TPSA) is 218 Å². The van der Waals surface area contributed by atoms with E-state index in [4.69, 9.17) is 21.3 Å². The molecule has 13 nitrogen and oxygen atoms in total. The monoisotopic (exact) mass is 350 g/mol. The van der Waals surface area contributed by atoms with Crippen LogP contribution in [0.1, 0.15) is 0 Å². The molecular formula is C10H11N10O3P. The molecule has 0 spiro atoms. The number of anilines is 2. The number of nitrogens with zero attached hydrogens (tertiary/aromatic N) is 6. The number of nitrogen functional groups attached to an aromatic ring is 2. The zero-order valence-corrected chi connectivity index (χ0v) is 12.7. The zero-order chi connectivity index (χ0) is 17.3. The van der Waals surface area contributed by atoms with Gasteiger partial charge in [0.05, 0.1) is 12.7 Å². The van der Waals surface area contributed by atoms with E-state index in [0.717, 1.165) is 0 Å². The van der Waals surface area contributed by atoms with Crippen molar-refractivity contribution in [3.63, 3.8) is 0 Å². The van der Waals surface area contributed by atoms with Crippen LogP contribution in [0.2, 0.25) is 0 Å². The van der Waals surface area contributed by atoms with E-state index in [1.807, 2.05) is 0 Å². The number of hydrogen-bond donors (Lipinski definition) is 6. The third-order valence-electron chi connectivity index (χ3n) is 2.81. The van der Waals surface area contributed by atoms with Crippen molar-refractivity contribution in [1.29, 1.82) is 0 Å². The van der Waals surface area contributed by atoms with E-state index < -0.39 is 13.2 Å². The first-order valence-electron chi connectivity index (χ1n) is 6.28. The van der Waals surface area contributed by atoms with Crippen LogP contribution in [0.25, 0.3) is 22.3 Å². The third-order valence-corrected chi connectivity index (χ3v) is 3.54. The predicted molar refractivity (Wildman–Crippen MR) is 83.9 cm³/mol. The van der Waals surface area contributed by atoms with Crippen LogP contribution >= 0.6 is 7.60 Å². The maximum Gasteiger partial charge on any atom is 0.393 e. The van der Waals surface area contributed by atoms with Crippen LogP contribution in [0.4, 0.5) is 11.6 Å². The SMILES string of the molecule is Nc1nc(P(=O)(O)O)nc2nc[nH]c12.Nc1ncnc2nc[nH]c12. The van der Waals surface area contributed by atoms with Gasteiger partial charge in [0, 0.05) is 0 Å². The summed E-state index contributed by atoms with van der Waals surface area (Å²) in [4.78, 5) is 45.4. The highest BCUT2D eigenvalue weighted by Crippen LogP contribution is 2.31. The number of nitrogens with one attached hydrogen (secondary N) is 2. The van der Waals surface area contributed by atoms with Crippen molar-refractivity contribution in [1.82, 2.24) is 39.9 Å². The summed E-state index contributed by atoms with van der Waals surface area (Å²) >= 11 is 0. The summed E-state index contributed by atoms with van der Waals surface area (Å²) in [5.41, 5.74) is 12.1. The number of hydrogen-bond acceptors (Lipinski definition) is 9. The molecule has 0 bridgehead atoms. The normalized spacial score (nSPS) is 11.4. The van der Waals surface area contributed by atoms with Crippen LogP contribution in [0.3, 0.4) is 0 Å². The zero-order valence-electron chi connectivity index (χ0n) is 11.8. The average molecular weight is 350 g/mol. The molecule has 0 amide bonds. The molecule has 0 aliphatic rings. The fourth-order valence-electron chi connectivity index (χ4n) is 1.76. The number of rotatable bonds is 1. The van der Waals surface area contributed by atoms with Gasteiger partial charge in [0.15, 0.2) is 22.9 Å². The van der Waals surface area contributed by atoms with Crippen molar-refractivity contribution in [3.8, 4) is 0 Å². The largest absolute Gasteiger partial charge is 0.393 e. The molecule has 14 heteroatoms. The van der Waals surface area contributed by atoms with Crippen LogP contribution in [-0.2, 0) is 4.57 Å². The lowest BCUT2D eigenvalue weighted by Gasteiger charge is -2.02. The van der Waals surface area contributed by atoms with Crippen LogP contribution in [0.15, 0.2) is 19.0 Å². The minimum absolute atomic E-state index is 0.0363. The number of aromatic nitrogens is 8. The molecule has 124 valence electrons. The molecule has 0 aliphatic carbocycles. The summed E-state index contributed by atoms with van der Waals surface area (Å²) in [7, 11) is -4.48. The van der Waals surface area contributed by atoms with Crippen molar-refractivity contribution < 1.29 is 14.4 Å². The third kappa shape index (κ3) is 2.99. The van der Waals surface area contributed by atoms with Crippen molar-refractivity contribution >= 4 is 47.1 Å². The summed E-state index contributed by atoms with van der Waals surface area (Å²) in [6.07, 6.45) is 4.24. The molecule has 0 atom stereocenters. The highest BCUT2D eigenvalue weighted by Gasteiger charge is 2.23. The summed E-state index contributed by atoms with van der Waals surface area (Å²) < 4.78 is 10.8. The lowest BCUT2D eigenvalue weighted by Crippen LogP contribution is -2.16. The number of fused-ring (bicyclic) bond motifs is 2. The molecule has 0 aliphatic heterocycles. The standard InChI is InChI=1S/C5H6N5O3P.C5H5N5/c6-3-2-4(8-1-7-2)10-5(9-3)14(11,12)13;6-4-3-5(9-1-7-3)10-2-8-4/h1H,(H2,11,12,13)(H3,6,7,8,9,10);1-2H,(H3,6,7,8,9,10). The number of imidazole rings is 2. The van der Waals surface area contributed by atoms with Crippen molar-refractivity contribution in [3.05, 3.63) is 19.0 Å². The van der Waals surface area contributed by atoms with E-state index in [-0.39, 0.29) is 11.5 Å². The first-order chi connectivity index (χ1) is 11.4. The molecule has 24 heavy (non-hydrogen) atoms. The second-order valence-corrected chi connectivity index (χ2v) is 5.90. The molecule has 4 aromatic heterocycles. The van der Waals surface area contributed by atoms with Crippen molar-refractivity contribution in [2.24, 2.45) is 0 Å². The van der Waals surface area contributed by atoms with Gasteiger partial charge >= 0.3 is 7.60 Å². The molecule has 8 N–H and O–H groups in total. The molecule has 0 radical (unpaired) electrons. The van der Waals surface area contributed by atoms with Crippen molar-refractivity contribution in [2.45, 2.75) is 0 Å². The lowest BCUT2D eigenvalue weighted by molar-refractivity contribution is 0.385. The summed E-state index contributed by atoms with van der Waals surface area (Å²) in [6, 6.07) is 0. The Bertz CT molecular complexity index is 1050. The molecule has 4 heterocycles. The Labute approximate surface area is 132 Å². The minimum atomic E-state index is -4.48. The Morgan fingerprint density at radius 1 is 0.875 bits per heavy atom. The second-order valence-electron chi connectivity index (χ2n) is 4.41. The van der Waals surface area contributed by atoms with Crippen LogP contribution < -0.4 is 17.0 Å². The second kappa shape index (κ2) is 5.81. The van der Waals surface area contributed by atoms with Gasteiger partial charge in [-0.1, -0.05) is 0 Å². The fourth-order valence-corrected chi connectivity index (χ4v) is 2.22. The van der Waals surface area contributed by atoms with E-state index in [2.05, 4.69) is 39.9 Å². The number of aromatic amines is 2. The van der Waals surface area contributed by atoms with E-state index in [1.54, 1.807) is 0 Å². The van der Waals surface area contributed by atoms with Gasteiger partial charge in [-0.25, -0.2) is 24.9 Å². The number of nitrogens with two attached hydrogens (primary N) is 2. The van der Waals surface area contributed by atoms with Gasteiger partial charge in [-0.15, -0.1) is 0 Å². The molecule has 4 aromatic rings. The first-order valence-corrected chi connectivity index (χ1v) is 7.89. The van der Waals surface area contributed by atoms with Gasteiger partial charge in [0.2, 0.25) is 5.57 Å². The summed E-state index contributed by atoms with van der Waals surface area (Å²) in [5.74, 6) is 0.397. The molecule has 0 saturated carbocycles. The van der Waals surface area contributed by atoms with Crippen LogP contribution in [0, 0.1) is 0 Å². The molecule has 0 unspecified atom stereocenters. The minimum Gasteiger partial charge on any atom is -0.382 e. The van der Waals surface area contributed by atoms with E-state index >= 15 is 0 Å². The van der Waals surface area contributed by atoms with Gasteiger partial charge in [-0.2, -0.15) is 4.98 Å². The highest BCUT2D eigenvalue weighted by atomic mass is 31.2. The Hall–Kier alpha value is -3.15. The lowest BCUT2D eigenvalue weighted by atomic mass is 10.5. The molecular weight excluding hydrogens is 339 g/mol. The Morgan fingerprint density at radius 3 is 2.12 bits per heavy atom. The molecule has 0 saturated heterocycles. The number of H-pyrrole nitrogens is 2. The van der Waals surface area contributed by atoms with Crippen LogP contribution in [0.5, 0.6) is 0 Å². The van der Waals surface area contributed by atoms with Crippen molar-refractivity contribution in [2.75, 3.05) is 11.5 Å². The quantitative estimate of drug-likeness (QED) is 0.221. The summed E-state index contributed by atoms with van der Waals surface area (Å²) in [5, 5.41) is 0. The first kappa shape index (κ1) is 15.7. The maximum atomic E-state index is 10.8.